The summed E-state index contributed by atoms with van der Waals surface area (Å²) in [7, 11) is 0. The summed E-state index contributed by atoms with van der Waals surface area (Å²) in [5, 5.41) is 11.7. The van der Waals surface area contributed by atoms with E-state index in [1.54, 1.807) is 12.1 Å². The monoisotopic (exact) mass is 373 g/mol. The van der Waals surface area contributed by atoms with Crippen LogP contribution in [0.2, 0.25) is 10.0 Å². The van der Waals surface area contributed by atoms with E-state index in [2.05, 4.69) is 15.9 Å². The van der Waals surface area contributed by atoms with Crippen molar-refractivity contribution in [2.45, 2.75) is 12.0 Å². The average Bonchev–Trinajstić information content (AvgIpc) is 2.42. The Morgan fingerprint density at radius 3 is 2.50 bits per heavy atom. The van der Waals surface area contributed by atoms with E-state index in [0.29, 0.717) is 22.2 Å². The number of nitrogens with two attached hydrogens (primary N) is 1. The van der Waals surface area contributed by atoms with Crippen LogP contribution in [0.4, 0.5) is 0 Å². The van der Waals surface area contributed by atoms with Crippen LogP contribution in [0.1, 0.15) is 23.1 Å². The van der Waals surface area contributed by atoms with Crippen molar-refractivity contribution in [3.8, 4) is 0 Å². The molecule has 2 aromatic carbocycles. The van der Waals surface area contributed by atoms with E-state index >= 15 is 0 Å². The zero-order chi connectivity index (χ0) is 14.7. The Labute approximate surface area is 136 Å². The maximum absolute atomic E-state index is 10.6. The number of halogens is 3. The Kier molecular flexibility index (Phi) is 5.47. The van der Waals surface area contributed by atoms with E-state index in [1.807, 2.05) is 30.3 Å². The van der Waals surface area contributed by atoms with Crippen molar-refractivity contribution < 1.29 is 5.11 Å². The van der Waals surface area contributed by atoms with Gasteiger partial charge in [-0.1, -0.05) is 47.5 Å². The predicted molar refractivity (Wildman–Crippen MR) is 87.4 cm³/mol. The first-order valence-corrected chi connectivity index (χ1v) is 7.67. The van der Waals surface area contributed by atoms with Crippen LogP contribution in [0.15, 0.2) is 46.9 Å². The SMILES string of the molecule is NCC(c1cccc(Cl)c1)C(O)c1cccc(Br)c1Cl. The highest BCUT2D eigenvalue weighted by atomic mass is 79.9. The molecular formula is C15H14BrCl2NO. The molecule has 0 saturated carbocycles. The molecule has 5 heteroatoms. The Balaban J connectivity index is 2.39. The number of hydrogen-bond acceptors (Lipinski definition) is 2. The molecule has 106 valence electrons. The van der Waals surface area contributed by atoms with Crippen LogP contribution in [0.5, 0.6) is 0 Å². The highest BCUT2D eigenvalue weighted by Crippen LogP contribution is 2.37. The molecule has 0 aliphatic heterocycles. The molecule has 0 aliphatic carbocycles. The summed E-state index contributed by atoms with van der Waals surface area (Å²) in [6.45, 7) is 0.296. The molecule has 0 spiro atoms. The summed E-state index contributed by atoms with van der Waals surface area (Å²) in [6.07, 6.45) is -0.788. The molecule has 2 aromatic rings. The molecular weight excluding hydrogens is 361 g/mol. The Hall–Kier alpha value is -0.580. The molecule has 0 fully saturated rings. The molecule has 0 aliphatic rings. The highest BCUT2D eigenvalue weighted by molar-refractivity contribution is 9.10. The molecule has 0 amide bonds. The zero-order valence-corrected chi connectivity index (χ0v) is 13.7. The summed E-state index contributed by atoms with van der Waals surface area (Å²) in [6, 6.07) is 12.8. The highest BCUT2D eigenvalue weighted by Gasteiger charge is 2.24. The third kappa shape index (κ3) is 3.35. The second-order valence-electron chi connectivity index (χ2n) is 4.49. The lowest BCUT2D eigenvalue weighted by Crippen LogP contribution is -2.20. The number of hydrogen-bond donors (Lipinski definition) is 2. The van der Waals surface area contributed by atoms with Gasteiger partial charge in [-0.15, -0.1) is 0 Å². The van der Waals surface area contributed by atoms with Crippen molar-refractivity contribution >= 4 is 39.1 Å². The lowest BCUT2D eigenvalue weighted by atomic mass is 9.89. The zero-order valence-electron chi connectivity index (χ0n) is 10.6. The molecule has 0 radical (unpaired) electrons. The third-order valence-corrected chi connectivity index (χ3v) is 4.76. The van der Waals surface area contributed by atoms with Crippen LogP contribution < -0.4 is 5.73 Å². The van der Waals surface area contributed by atoms with Gasteiger partial charge in [-0.2, -0.15) is 0 Å². The van der Waals surface area contributed by atoms with Crippen molar-refractivity contribution in [1.29, 1.82) is 0 Å². The van der Waals surface area contributed by atoms with Gasteiger partial charge in [-0.3, -0.25) is 0 Å². The molecule has 2 nitrogen and oxygen atoms in total. The van der Waals surface area contributed by atoms with Gasteiger partial charge < -0.3 is 10.8 Å². The maximum Gasteiger partial charge on any atom is 0.0885 e. The Bertz CT molecular complexity index is 606. The summed E-state index contributed by atoms with van der Waals surface area (Å²) in [5.41, 5.74) is 7.37. The summed E-state index contributed by atoms with van der Waals surface area (Å²) >= 11 is 15.6. The number of aliphatic hydroxyl groups excluding tert-OH is 1. The first kappa shape index (κ1) is 15.8. The molecule has 0 saturated heterocycles. The Morgan fingerprint density at radius 1 is 1.15 bits per heavy atom. The van der Waals surface area contributed by atoms with Crippen LogP contribution in [-0.4, -0.2) is 11.7 Å². The second kappa shape index (κ2) is 6.92. The predicted octanol–water partition coefficient (Wildman–Crippen LogP) is 4.53. The van der Waals surface area contributed by atoms with E-state index in [-0.39, 0.29) is 5.92 Å². The maximum atomic E-state index is 10.6. The van der Waals surface area contributed by atoms with Crippen molar-refractivity contribution in [2.24, 2.45) is 5.73 Å². The van der Waals surface area contributed by atoms with Crippen molar-refractivity contribution in [1.82, 2.24) is 0 Å². The fourth-order valence-electron chi connectivity index (χ4n) is 2.15. The van der Waals surface area contributed by atoms with Crippen LogP contribution in [0.25, 0.3) is 0 Å². The summed E-state index contributed by atoms with van der Waals surface area (Å²) in [4.78, 5) is 0. The smallest absolute Gasteiger partial charge is 0.0885 e. The molecule has 0 aromatic heterocycles. The Morgan fingerprint density at radius 2 is 1.85 bits per heavy atom. The average molecular weight is 375 g/mol. The number of benzene rings is 2. The van der Waals surface area contributed by atoms with E-state index in [4.69, 9.17) is 28.9 Å². The van der Waals surface area contributed by atoms with Gasteiger partial charge in [0.15, 0.2) is 0 Å². The minimum Gasteiger partial charge on any atom is -0.388 e. The van der Waals surface area contributed by atoms with Crippen LogP contribution in [-0.2, 0) is 0 Å². The standard InChI is InChI=1S/C15H14BrCl2NO/c16-13-6-2-5-11(14(13)18)15(20)12(8-19)9-3-1-4-10(17)7-9/h1-7,12,15,20H,8,19H2. The van der Waals surface area contributed by atoms with Gasteiger partial charge in [0.05, 0.1) is 11.1 Å². The topological polar surface area (TPSA) is 46.2 Å². The molecule has 2 atom stereocenters. The summed E-state index contributed by atoms with van der Waals surface area (Å²) in [5.74, 6) is -0.263. The first-order valence-electron chi connectivity index (χ1n) is 6.12. The number of rotatable bonds is 4. The quantitative estimate of drug-likeness (QED) is 0.825. The van der Waals surface area contributed by atoms with E-state index in [9.17, 15) is 5.11 Å². The fraction of sp³-hybridized carbons (Fsp3) is 0.200. The molecule has 0 bridgehead atoms. The fourth-order valence-corrected chi connectivity index (χ4v) is 2.97. The van der Waals surface area contributed by atoms with Crippen molar-refractivity contribution in [2.75, 3.05) is 6.54 Å². The molecule has 2 rings (SSSR count). The van der Waals surface area contributed by atoms with Crippen molar-refractivity contribution in [3.05, 3.63) is 68.1 Å². The van der Waals surface area contributed by atoms with Gasteiger partial charge in [0, 0.05) is 27.5 Å². The van der Waals surface area contributed by atoms with Crippen LogP contribution >= 0.6 is 39.1 Å². The minimum absolute atomic E-state index is 0.263. The summed E-state index contributed by atoms with van der Waals surface area (Å²) < 4.78 is 0.748. The van der Waals surface area contributed by atoms with E-state index < -0.39 is 6.10 Å². The van der Waals surface area contributed by atoms with Gasteiger partial charge in [0.2, 0.25) is 0 Å². The van der Waals surface area contributed by atoms with E-state index in [0.717, 1.165) is 10.0 Å². The molecule has 0 heterocycles. The van der Waals surface area contributed by atoms with Gasteiger partial charge in [-0.05, 0) is 39.7 Å². The van der Waals surface area contributed by atoms with Crippen LogP contribution in [0.3, 0.4) is 0 Å². The largest absolute Gasteiger partial charge is 0.388 e. The lowest BCUT2D eigenvalue weighted by molar-refractivity contribution is 0.147. The minimum atomic E-state index is -0.788. The van der Waals surface area contributed by atoms with Crippen LogP contribution in [0, 0.1) is 0 Å². The van der Waals surface area contributed by atoms with Gasteiger partial charge in [0.25, 0.3) is 0 Å². The third-order valence-electron chi connectivity index (χ3n) is 3.21. The second-order valence-corrected chi connectivity index (χ2v) is 6.15. The van der Waals surface area contributed by atoms with Gasteiger partial charge in [0.1, 0.15) is 0 Å². The lowest BCUT2D eigenvalue weighted by Gasteiger charge is -2.23. The number of aliphatic hydroxyl groups is 1. The molecule has 3 N–H and O–H groups in total. The normalized spacial score (nSPS) is 14.1. The van der Waals surface area contributed by atoms with Gasteiger partial charge >= 0.3 is 0 Å². The molecule has 20 heavy (non-hydrogen) atoms. The van der Waals surface area contributed by atoms with Gasteiger partial charge in [-0.25, -0.2) is 0 Å². The van der Waals surface area contributed by atoms with E-state index in [1.165, 1.54) is 0 Å². The first-order chi connectivity index (χ1) is 9.54. The van der Waals surface area contributed by atoms with Crippen molar-refractivity contribution in [3.63, 3.8) is 0 Å². The molecule has 2 unspecified atom stereocenters.